The molecule has 0 spiro atoms. The number of nitrogens with zero attached hydrogens (tertiary/aromatic N) is 1. The van der Waals surface area contributed by atoms with Crippen LogP contribution in [0.3, 0.4) is 0 Å². The van der Waals surface area contributed by atoms with E-state index in [9.17, 15) is 4.79 Å². The first-order valence-corrected chi connectivity index (χ1v) is 8.18. The molecule has 1 aromatic rings. The Balaban J connectivity index is 2.64. The average molecular weight is 365 g/mol. The third kappa shape index (κ3) is 4.95. The van der Waals surface area contributed by atoms with Crippen molar-refractivity contribution < 1.29 is 4.79 Å². The van der Waals surface area contributed by atoms with Crippen molar-refractivity contribution in [2.24, 2.45) is 0 Å². The molecular weight excluding hydrogens is 345 g/mol. The Hall–Kier alpha value is -0.100. The van der Waals surface area contributed by atoms with Gasteiger partial charge in [-0.05, 0) is 41.5 Å². The van der Waals surface area contributed by atoms with E-state index in [0.717, 1.165) is 44.3 Å². The molecular formula is C13H20INOS. The lowest BCUT2D eigenvalue weighted by Gasteiger charge is -2.21. The number of hydrogen-bond acceptors (Lipinski definition) is 2. The van der Waals surface area contributed by atoms with Crippen LogP contribution in [0.4, 0.5) is 0 Å². The number of carbonyl (C=O) groups is 1. The van der Waals surface area contributed by atoms with Crippen LogP contribution in [0.5, 0.6) is 0 Å². The van der Waals surface area contributed by atoms with Gasteiger partial charge < -0.3 is 4.90 Å². The summed E-state index contributed by atoms with van der Waals surface area (Å²) in [7, 11) is 0. The topological polar surface area (TPSA) is 20.3 Å². The minimum absolute atomic E-state index is 0.200. The minimum atomic E-state index is 0.200. The number of unbranched alkanes of at least 4 members (excludes halogenated alkanes) is 2. The standard InChI is InChI=1S/C13H20INOS/c1-3-5-7-15(8-6-4-2)13(16)11-9-12(14)17-10-11/h9-10H,3-8H2,1-2H3. The summed E-state index contributed by atoms with van der Waals surface area (Å²) < 4.78 is 1.18. The van der Waals surface area contributed by atoms with E-state index in [0.29, 0.717) is 0 Å². The number of rotatable bonds is 7. The summed E-state index contributed by atoms with van der Waals surface area (Å²) in [6.07, 6.45) is 4.46. The van der Waals surface area contributed by atoms with Crippen LogP contribution in [-0.2, 0) is 0 Å². The number of carbonyl (C=O) groups excluding carboxylic acids is 1. The molecule has 0 aliphatic rings. The molecule has 0 unspecified atom stereocenters. The molecule has 0 aliphatic heterocycles. The van der Waals surface area contributed by atoms with Gasteiger partial charge in [0.05, 0.1) is 8.45 Å². The molecule has 0 saturated heterocycles. The van der Waals surface area contributed by atoms with Crippen molar-refractivity contribution in [3.63, 3.8) is 0 Å². The van der Waals surface area contributed by atoms with Crippen molar-refractivity contribution in [2.45, 2.75) is 39.5 Å². The lowest BCUT2D eigenvalue weighted by Crippen LogP contribution is -2.32. The second kappa shape index (κ2) is 8.08. The Labute approximate surface area is 122 Å². The second-order valence-corrected chi connectivity index (χ2v) is 6.94. The summed E-state index contributed by atoms with van der Waals surface area (Å²) in [5, 5.41) is 1.97. The molecule has 0 aliphatic carbocycles. The summed E-state index contributed by atoms with van der Waals surface area (Å²) >= 11 is 3.90. The number of halogens is 1. The van der Waals surface area contributed by atoms with Crippen LogP contribution in [0.25, 0.3) is 0 Å². The zero-order valence-corrected chi connectivity index (χ0v) is 13.5. The minimum Gasteiger partial charge on any atom is -0.339 e. The lowest BCUT2D eigenvalue weighted by molar-refractivity contribution is 0.0751. The first-order chi connectivity index (χ1) is 8.19. The Morgan fingerprint density at radius 1 is 1.29 bits per heavy atom. The summed E-state index contributed by atoms with van der Waals surface area (Å²) in [6, 6.07) is 1.98. The highest BCUT2D eigenvalue weighted by Crippen LogP contribution is 2.18. The highest BCUT2D eigenvalue weighted by atomic mass is 127. The largest absolute Gasteiger partial charge is 0.339 e. The Bertz CT molecular complexity index is 343. The smallest absolute Gasteiger partial charge is 0.254 e. The van der Waals surface area contributed by atoms with Gasteiger partial charge in [0, 0.05) is 18.5 Å². The molecule has 0 aromatic carbocycles. The molecule has 0 N–H and O–H groups in total. The Kier molecular flexibility index (Phi) is 7.11. The fourth-order valence-corrected chi connectivity index (χ4v) is 2.94. The van der Waals surface area contributed by atoms with Crippen LogP contribution in [-0.4, -0.2) is 23.9 Å². The van der Waals surface area contributed by atoms with Gasteiger partial charge in [0.1, 0.15) is 0 Å². The normalized spacial score (nSPS) is 10.5. The molecule has 4 heteroatoms. The van der Waals surface area contributed by atoms with Gasteiger partial charge in [0.2, 0.25) is 0 Å². The molecule has 1 rings (SSSR count). The van der Waals surface area contributed by atoms with Crippen molar-refractivity contribution in [1.82, 2.24) is 4.90 Å². The third-order valence-electron chi connectivity index (χ3n) is 2.66. The van der Waals surface area contributed by atoms with E-state index in [1.807, 2.05) is 16.3 Å². The first kappa shape index (κ1) is 15.0. The maximum atomic E-state index is 12.3. The monoisotopic (exact) mass is 365 g/mol. The van der Waals surface area contributed by atoms with Gasteiger partial charge in [-0.15, -0.1) is 11.3 Å². The average Bonchev–Trinajstić information content (AvgIpc) is 2.75. The third-order valence-corrected chi connectivity index (χ3v) is 4.45. The van der Waals surface area contributed by atoms with E-state index in [1.54, 1.807) is 11.3 Å². The summed E-state index contributed by atoms with van der Waals surface area (Å²) in [6.45, 7) is 6.11. The van der Waals surface area contributed by atoms with E-state index in [1.165, 1.54) is 2.88 Å². The predicted molar refractivity (Wildman–Crippen MR) is 82.8 cm³/mol. The Morgan fingerprint density at radius 3 is 2.29 bits per heavy atom. The fraction of sp³-hybridized carbons (Fsp3) is 0.615. The molecule has 1 heterocycles. The maximum absolute atomic E-state index is 12.3. The van der Waals surface area contributed by atoms with E-state index >= 15 is 0 Å². The van der Waals surface area contributed by atoms with E-state index in [2.05, 4.69) is 36.4 Å². The van der Waals surface area contributed by atoms with Crippen molar-refractivity contribution in [3.05, 3.63) is 19.9 Å². The highest BCUT2D eigenvalue weighted by molar-refractivity contribution is 14.1. The number of hydrogen-bond donors (Lipinski definition) is 0. The van der Waals surface area contributed by atoms with Gasteiger partial charge in [-0.2, -0.15) is 0 Å². The Morgan fingerprint density at radius 2 is 1.88 bits per heavy atom. The van der Waals surface area contributed by atoms with Gasteiger partial charge in [-0.1, -0.05) is 26.7 Å². The first-order valence-electron chi connectivity index (χ1n) is 6.22. The molecule has 0 fully saturated rings. The molecule has 0 saturated carbocycles. The molecule has 2 nitrogen and oxygen atoms in total. The lowest BCUT2D eigenvalue weighted by atomic mass is 10.2. The van der Waals surface area contributed by atoms with Crippen LogP contribution in [0, 0.1) is 2.88 Å². The summed E-state index contributed by atoms with van der Waals surface area (Å²) in [5.74, 6) is 0.200. The van der Waals surface area contributed by atoms with Crippen molar-refractivity contribution >= 4 is 39.8 Å². The van der Waals surface area contributed by atoms with E-state index < -0.39 is 0 Å². The summed E-state index contributed by atoms with van der Waals surface area (Å²) in [5.41, 5.74) is 0.853. The molecule has 17 heavy (non-hydrogen) atoms. The number of amides is 1. The van der Waals surface area contributed by atoms with Crippen LogP contribution in [0.2, 0.25) is 0 Å². The van der Waals surface area contributed by atoms with Crippen LogP contribution in [0.1, 0.15) is 49.9 Å². The highest BCUT2D eigenvalue weighted by Gasteiger charge is 2.15. The maximum Gasteiger partial charge on any atom is 0.254 e. The fourth-order valence-electron chi connectivity index (χ4n) is 1.62. The van der Waals surface area contributed by atoms with Crippen molar-refractivity contribution in [3.8, 4) is 0 Å². The molecule has 0 bridgehead atoms. The molecule has 1 amide bonds. The second-order valence-electron chi connectivity index (χ2n) is 4.14. The van der Waals surface area contributed by atoms with Crippen molar-refractivity contribution in [1.29, 1.82) is 0 Å². The molecule has 0 radical (unpaired) electrons. The zero-order valence-electron chi connectivity index (χ0n) is 10.5. The van der Waals surface area contributed by atoms with Crippen LogP contribution >= 0.6 is 33.9 Å². The number of thiophene rings is 1. The van der Waals surface area contributed by atoms with Crippen LogP contribution in [0.15, 0.2) is 11.4 Å². The molecule has 1 aromatic heterocycles. The predicted octanol–water partition coefficient (Wildman–Crippen LogP) is 4.40. The van der Waals surface area contributed by atoms with Crippen LogP contribution < -0.4 is 0 Å². The van der Waals surface area contributed by atoms with Gasteiger partial charge in [-0.25, -0.2) is 0 Å². The van der Waals surface area contributed by atoms with Gasteiger partial charge in [0.15, 0.2) is 0 Å². The van der Waals surface area contributed by atoms with E-state index in [-0.39, 0.29) is 5.91 Å². The van der Waals surface area contributed by atoms with Gasteiger partial charge >= 0.3 is 0 Å². The zero-order chi connectivity index (χ0) is 12.7. The quantitative estimate of drug-likeness (QED) is 0.656. The SMILES string of the molecule is CCCCN(CCCC)C(=O)c1csc(I)c1. The van der Waals surface area contributed by atoms with Gasteiger partial charge in [-0.3, -0.25) is 4.79 Å². The van der Waals surface area contributed by atoms with E-state index in [4.69, 9.17) is 0 Å². The molecule has 96 valence electrons. The summed E-state index contributed by atoms with van der Waals surface area (Å²) in [4.78, 5) is 14.3. The molecule has 0 atom stereocenters. The van der Waals surface area contributed by atoms with Crippen molar-refractivity contribution in [2.75, 3.05) is 13.1 Å². The van der Waals surface area contributed by atoms with Gasteiger partial charge in [0.25, 0.3) is 5.91 Å².